The molecule has 0 aliphatic carbocycles. The minimum Gasteiger partial charge on any atom is -0.344 e. The van der Waals surface area contributed by atoms with Crippen LogP contribution < -0.4 is 9.80 Å². The second-order valence-electron chi connectivity index (χ2n) is 12.7. The van der Waals surface area contributed by atoms with Crippen molar-refractivity contribution in [3.63, 3.8) is 0 Å². The summed E-state index contributed by atoms with van der Waals surface area (Å²) in [5.41, 5.74) is 15.1. The molecule has 216 valence electrons. The fourth-order valence-corrected chi connectivity index (χ4v) is 7.90. The average molecular weight is 587 g/mol. The highest BCUT2D eigenvalue weighted by Gasteiger charge is 2.30. The number of fused-ring (bicyclic) bond motifs is 6. The van der Waals surface area contributed by atoms with Crippen LogP contribution in [0.3, 0.4) is 0 Å². The van der Waals surface area contributed by atoms with Gasteiger partial charge in [-0.1, -0.05) is 109 Å². The summed E-state index contributed by atoms with van der Waals surface area (Å²) in [5, 5.41) is 7.74. The van der Waals surface area contributed by atoms with Crippen molar-refractivity contribution >= 4 is 55.1 Å². The number of rotatable bonds is 2. The van der Waals surface area contributed by atoms with Crippen LogP contribution in [0.5, 0.6) is 0 Å². The molecule has 0 saturated carbocycles. The third-order valence-electron chi connectivity index (χ3n) is 10.3. The first-order chi connectivity index (χ1) is 22.6. The SMILES string of the molecule is CN1c2cc(-c3ccc4ccccc4c3)ccc2-c2ccc3c4c(ccc1c24)N(C)c1cc(-c2ccc4ccccc4c2)ccc1-3. The molecule has 2 aliphatic heterocycles. The Hall–Kier alpha value is -5.86. The standard InChI is InChI=1S/C44H30N2/c1-45-39-21-22-40-44-38(36-18-16-34(26-42(36)46(40)2)32-14-12-28-8-4-6-10-30(28)24-32)20-19-37(43(39)44)35-17-15-33(25-41(35)45)31-13-11-27-7-3-5-9-29(27)23-31/h3-26H,1-2H3. The topological polar surface area (TPSA) is 6.48 Å². The van der Waals surface area contributed by atoms with Crippen LogP contribution >= 0.6 is 0 Å². The number of hydrogen-bond acceptors (Lipinski definition) is 2. The van der Waals surface area contributed by atoms with E-state index < -0.39 is 0 Å². The van der Waals surface area contributed by atoms with Crippen molar-refractivity contribution in [1.82, 2.24) is 0 Å². The Morgan fingerprint density at radius 1 is 0.304 bits per heavy atom. The summed E-state index contributed by atoms with van der Waals surface area (Å²) in [5.74, 6) is 0. The summed E-state index contributed by atoms with van der Waals surface area (Å²) in [4.78, 5) is 4.77. The smallest absolute Gasteiger partial charge is 0.0496 e. The summed E-state index contributed by atoms with van der Waals surface area (Å²) in [7, 11) is 4.43. The van der Waals surface area contributed by atoms with E-state index in [1.165, 1.54) is 99.6 Å². The minimum atomic E-state index is 1.24. The van der Waals surface area contributed by atoms with Gasteiger partial charge < -0.3 is 9.80 Å². The first-order valence-electron chi connectivity index (χ1n) is 16.0. The molecule has 0 atom stereocenters. The lowest BCUT2D eigenvalue weighted by atomic mass is 9.83. The number of nitrogens with zero attached hydrogens (tertiary/aromatic N) is 2. The van der Waals surface area contributed by atoms with Gasteiger partial charge in [-0.3, -0.25) is 0 Å². The maximum atomic E-state index is 2.38. The first kappa shape index (κ1) is 25.5. The van der Waals surface area contributed by atoms with E-state index in [0.29, 0.717) is 0 Å². The second kappa shape index (κ2) is 9.32. The van der Waals surface area contributed by atoms with Gasteiger partial charge in [0.25, 0.3) is 0 Å². The van der Waals surface area contributed by atoms with Crippen LogP contribution in [0.2, 0.25) is 0 Å². The third-order valence-corrected chi connectivity index (χ3v) is 10.3. The lowest BCUT2D eigenvalue weighted by molar-refractivity contribution is 1.19. The van der Waals surface area contributed by atoms with Gasteiger partial charge in [0.1, 0.15) is 0 Å². The van der Waals surface area contributed by atoms with E-state index in [0.717, 1.165) is 0 Å². The fourth-order valence-electron chi connectivity index (χ4n) is 7.90. The lowest BCUT2D eigenvalue weighted by Crippen LogP contribution is -2.19. The predicted molar refractivity (Wildman–Crippen MR) is 197 cm³/mol. The summed E-state index contributed by atoms with van der Waals surface area (Å²) in [6.45, 7) is 0. The zero-order valence-electron chi connectivity index (χ0n) is 25.8. The van der Waals surface area contributed by atoms with Crippen LogP contribution in [0.1, 0.15) is 0 Å². The van der Waals surface area contributed by atoms with Gasteiger partial charge in [-0.05, 0) is 91.3 Å². The average Bonchev–Trinajstić information content (AvgIpc) is 3.12. The van der Waals surface area contributed by atoms with Crippen LogP contribution in [0.15, 0.2) is 146 Å². The van der Waals surface area contributed by atoms with Crippen LogP contribution in [-0.4, -0.2) is 14.1 Å². The molecule has 0 aromatic heterocycles. The van der Waals surface area contributed by atoms with Gasteiger partial charge in [-0.2, -0.15) is 0 Å². The van der Waals surface area contributed by atoms with Gasteiger partial charge in [-0.25, -0.2) is 0 Å². The lowest BCUT2D eigenvalue weighted by Gasteiger charge is -2.36. The summed E-state index contributed by atoms with van der Waals surface area (Å²) < 4.78 is 0. The van der Waals surface area contributed by atoms with Gasteiger partial charge in [0.05, 0.1) is 0 Å². The van der Waals surface area contributed by atoms with Gasteiger partial charge in [0.2, 0.25) is 0 Å². The third kappa shape index (κ3) is 3.53. The molecule has 0 spiro atoms. The quantitative estimate of drug-likeness (QED) is 0.199. The molecule has 0 saturated heterocycles. The molecule has 0 radical (unpaired) electrons. The van der Waals surface area contributed by atoms with E-state index in [1.807, 2.05) is 0 Å². The normalized spacial score (nSPS) is 12.9. The van der Waals surface area contributed by atoms with Gasteiger partial charge in [0, 0.05) is 58.7 Å². The molecule has 0 bridgehead atoms. The Labute approximate surface area is 268 Å². The highest BCUT2D eigenvalue weighted by molar-refractivity contribution is 6.23. The zero-order chi connectivity index (χ0) is 30.5. The van der Waals surface area contributed by atoms with E-state index in [2.05, 4.69) is 169 Å². The van der Waals surface area contributed by atoms with Gasteiger partial charge in [-0.15, -0.1) is 0 Å². The Morgan fingerprint density at radius 2 is 0.674 bits per heavy atom. The summed E-state index contributed by atoms with van der Waals surface area (Å²) in [6, 6.07) is 53.9. The number of benzene rings is 8. The van der Waals surface area contributed by atoms with Crippen molar-refractivity contribution in [3.8, 4) is 44.5 Å². The molecule has 46 heavy (non-hydrogen) atoms. The van der Waals surface area contributed by atoms with Crippen molar-refractivity contribution in [2.45, 2.75) is 0 Å². The molecule has 8 aromatic carbocycles. The highest BCUT2D eigenvalue weighted by Crippen LogP contribution is 2.56. The number of hydrogen-bond donors (Lipinski definition) is 0. The van der Waals surface area contributed by atoms with E-state index in [4.69, 9.17) is 0 Å². The molecule has 0 N–H and O–H groups in total. The monoisotopic (exact) mass is 586 g/mol. The van der Waals surface area contributed by atoms with Crippen molar-refractivity contribution in [2.24, 2.45) is 0 Å². The molecule has 2 heterocycles. The Balaban J connectivity index is 1.11. The van der Waals surface area contributed by atoms with E-state index >= 15 is 0 Å². The van der Waals surface area contributed by atoms with E-state index in [9.17, 15) is 0 Å². The molecule has 2 heteroatoms. The molecule has 0 fully saturated rings. The van der Waals surface area contributed by atoms with Crippen LogP contribution in [0, 0.1) is 0 Å². The predicted octanol–water partition coefficient (Wildman–Crippen LogP) is 12.0. The molecular weight excluding hydrogens is 556 g/mol. The largest absolute Gasteiger partial charge is 0.344 e. The Morgan fingerprint density at radius 3 is 1.13 bits per heavy atom. The highest BCUT2D eigenvalue weighted by atomic mass is 15.1. The molecular formula is C44H30N2. The zero-order valence-corrected chi connectivity index (χ0v) is 25.8. The Kier molecular flexibility index (Phi) is 5.16. The Bertz CT molecular complexity index is 2400. The molecule has 0 amide bonds. The van der Waals surface area contributed by atoms with Crippen molar-refractivity contribution in [2.75, 3.05) is 23.9 Å². The maximum absolute atomic E-state index is 2.38. The minimum absolute atomic E-state index is 1.24. The summed E-state index contributed by atoms with van der Waals surface area (Å²) in [6.07, 6.45) is 0. The van der Waals surface area contributed by atoms with Crippen LogP contribution in [-0.2, 0) is 0 Å². The van der Waals surface area contributed by atoms with Crippen molar-refractivity contribution < 1.29 is 0 Å². The van der Waals surface area contributed by atoms with Crippen molar-refractivity contribution in [1.29, 1.82) is 0 Å². The molecule has 10 rings (SSSR count). The molecule has 2 aliphatic rings. The van der Waals surface area contributed by atoms with Crippen molar-refractivity contribution in [3.05, 3.63) is 146 Å². The maximum Gasteiger partial charge on any atom is 0.0496 e. The summed E-state index contributed by atoms with van der Waals surface area (Å²) >= 11 is 0. The molecule has 8 aromatic rings. The van der Waals surface area contributed by atoms with Crippen LogP contribution in [0.4, 0.5) is 22.7 Å². The van der Waals surface area contributed by atoms with E-state index in [-0.39, 0.29) is 0 Å². The van der Waals surface area contributed by atoms with Gasteiger partial charge in [0.15, 0.2) is 0 Å². The van der Waals surface area contributed by atoms with Crippen LogP contribution in [0.25, 0.3) is 76.8 Å². The molecule has 2 nitrogen and oxygen atoms in total. The second-order valence-corrected chi connectivity index (χ2v) is 12.7. The van der Waals surface area contributed by atoms with E-state index in [1.54, 1.807) is 0 Å². The molecule has 0 unspecified atom stereocenters. The number of anilines is 4. The van der Waals surface area contributed by atoms with Gasteiger partial charge >= 0.3 is 0 Å². The fraction of sp³-hybridized carbons (Fsp3) is 0.0455. The first-order valence-corrected chi connectivity index (χ1v) is 16.0.